The number of aryl methyl sites for hydroxylation is 1. The summed E-state index contributed by atoms with van der Waals surface area (Å²) in [7, 11) is 0. The lowest BCUT2D eigenvalue weighted by atomic mass is 10.1. The molecule has 0 fully saturated rings. The Balaban J connectivity index is 1.44. The molecule has 1 amide bonds. The van der Waals surface area contributed by atoms with E-state index in [1.165, 1.54) is 0 Å². The van der Waals surface area contributed by atoms with Crippen molar-refractivity contribution in [3.8, 4) is 22.9 Å². The van der Waals surface area contributed by atoms with Gasteiger partial charge >= 0.3 is 0 Å². The first-order valence-electron chi connectivity index (χ1n) is 8.94. The van der Waals surface area contributed by atoms with Crippen molar-refractivity contribution in [1.29, 1.82) is 0 Å². The molecule has 0 unspecified atom stereocenters. The first-order chi connectivity index (χ1) is 13.7. The lowest BCUT2D eigenvalue weighted by molar-refractivity contribution is 0.102. The zero-order chi connectivity index (χ0) is 19.1. The van der Waals surface area contributed by atoms with Crippen molar-refractivity contribution < 1.29 is 14.3 Å². The molecule has 0 saturated carbocycles. The number of benzene rings is 3. The molecule has 2 N–H and O–H groups in total. The summed E-state index contributed by atoms with van der Waals surface area (Å²) in [6, 6.07) is 18.8. The third-order valence-electron chi connectivity index (χ3n) is 4.77. The van der Waals surface area contributed by atoms with Gasteiger partial charge < -0.3 is 19.8 Å². The van der Waals surface area contributed by atoms with Gasteiger partial charge in [0.15, 0.2) is 11.5 Å². The smallest absolute Gasteiger partial charge is 0.255 e. The van der Waals surface area contributed by atoms with E-state index in [9.17, 15) is 4.79 Å². The van der Waals surface area contributed by atoms with Gasteiger partial charge in [-0.15, -0.1) is 0 Å². The maximum absolute atomic E-state index is 12.7. The summed E-state index contributed by atoms with van der Waals surface area (Å²) in [5.74, 6) is 1.80. The molecule has 0 saturated heterocycles. The first-order valence-corrected chi connectivity index (χ1v) is 8.94. The van der Waals surface area contributed by atoms with E-state index in [1.807, 2.05) is 49.4 Å². The van der Waals surface area contributed by atoms with Crippen LogP contribution in [0.5, 0.6) is 11.5 Å². The quantitative estimate of drug-likeness (QED) is 0.555. The Kier molecular flexibility index (Phi) is 3.76. The van der Waals surface area contributed by atoms with Crippen molar-refractivity contribution in [1.82, 2.24) is 9.97 Å². The zero-order valence-corrected chi connectivity index (χ0v) is 15.2. The molecular weight excluding hydrogens is 354 g/mol. The molecule has 2 heterocycles. The molecule has 5 rings (SSSR count). The number of carbonyl (C=O) groups excluding carboxylic acids is 1. The minimum absolute atomic E-state index is 0.180. The molecule has 1 aliphatic heterocycles. The van der Waals surface area contributed by atoms with Crippen molar-refractivity contribution in [3.05, 3.63) is 71.8 Å². The number of nitrogens with zero attached hydrogens (tertiary/aromatic N) is 1. The highest BCUT2D eigenvalue weighted by molar-refractivity contribution is 6.05. The fraction of sp³-hybridized carbons (Fsp3) is 0.0909. The van der Waals surface area contributed by atoms with E-state index in [1.54, 1.807) is 18.2 Å². The van der Waals surface area contributed by atoms with Crippen LogP contribution in [0.3, 0.4) is 0 Å². The van der Waals surface area contributed by atoms with Crippen LogP contribution in [-0.2, 0) is 0 Å². The van der Waals surface area contributed by atoms with E-state index in [0.717, 1.165) is 28.0 Å². The van der Waals surface area contributed by atoms with Gasteiger partial charge in [0.25, 0.3) is 5.91 Å². The molecule has 1 aliphatic rings. The average molecular weight is 371 g/mol. The van der Waals surface area contributed by atoms with Crippen molar-refractivity contribution in [2.45, 2.75) is 6.92 Å². The van der Waals surface area contributed by atoms with Crippen LogP contribution in [0.4, 0.5) is 5.69 Å². The van der Waals surface area contributed by atoms with Gasteiger partial charge in [-0.3, -0.25) is 4.79 Å². The van der Waals surface area contributed by atoms with E-state index >= 15 is 0 Å². The SMILES string of the molecule is Cc1ccc(NC(=O)c2ccc3c(c2)OCO3)cc1-c1nc2ccccc2[nH]1. The maximum Gasteiger partial charge on any atom is 0.255 e. The van der Waals surface area contributed by atoms with Gasteiger partial charge in [0.2, 0.25) is 6.79 Å². The van der Waals surface area contributed by atoms with Gasteiger partial charge in [0, 0.05) is 16.8 Å². The second kappa shape index (κ2) is 6.42. The molecule has 1 aromatic heterocycles. The molecule has 3 aromatic carbocycles. The Hall–Kier alpha value is -3.80. The number of hydrogen-bond acceptors (Lipinski definition) is 4. The summed E-state index contributed by atoms with van der Waals surface area (Å²) in [4.78, 5) is 20.7. The van der Waals surface area contributed by atoms with Gasteiger partial charge in [0.1, 0.15) is 5.82 Å². The summed E-state index contributed by atoms with van der Waals surface area (Å²) in [5.41, 5.74) is 5.11. The highest BCUT2D eigenvalue weighted by Gasteiger charge is 2.17. The van der Waals surface area contributed by atoms with Gasteiger partial charge in [-0.2, -0.15) is 0 Å². The molecule has 6 heteroatoms. The lowest BCUT2D eigenvalue weighted by Gasteiger charge is -2.09. The molecule has 0 radical (unpaired) electrons. The molecule has 4 aromatic rings. The number of anilines is 1. The van der Waals surface area contributed by atoms with Gasteiger partial charge in [-0.25, -0.2) is 4.98 Å². The monoisotopic (exact) mass is 371 g/mol. The largest absolute Gasteiger partial charge is 0.454 e. The number of carbonyl (C=O) groups is 1. The Morgan fingerprint density at radius 1 is 1.04 bits per heavy atom. The summed E-state index contributed by atoms with van der Waals surface area (Å²) in [6.45, 7) is 2.20. The lowest BCUT2D eigenvalue weighted by Crippen LogP contribution is -2.12. The maximum atomic E-state index is 12.7. The van der Waals surface area contributed by atoms with E-state index in [-0.39, 0.29) is 12.7 Å². The van der Waals surface area contributed by atoms with Crippen molar-refractivity contribution in [3.63, 3.8) is 0 Å². The molecule has 0 aliphatic carbocycles. The van der Waals surface area contributed by atoms with Crippen molar-refractivity contribution in [2.24, 2.45) is 0 Å². The van der Waals surface area contributed by atoms with E-state index in [4.69, 9.17) is 9.47 Å². The topological polar surface area (TPSA) is 76.2 Å². The molecule has 6 nitrogen and oxygen atoms in total. The van der Waals surface area contributed by atoms with E-state index < -0.39 is 0 Å². The summed E-state index contributed by atoms with van der Waals surface area (Å²) in [6.07, 6.45) is 0. The third-order valence-corrected chi connectivity index (χ3v) is 4.77. The summed E-state index contributed by atoms with van der Waals surface area (Å²) in [5, 5.41) is 2.94. The molecule has 138 valence electrons. The number of nitrogens with one attached hydrogen (secondary N) is 2. The predicted octanol–water partition coefficient (Wildman–Crippen LogP) is 4.52. The molecule has 0 bridgehead atoms. The number of rotatable bonds is 3. The number of aromatic nitrogens is 2. The Labute approximate surface area is 161 Å². The average Bonchev–Trinajstić information content (AvgIpc) is 3.35. The van der Waals surface area contributed by atoms with Crippen LogP contribution in [0.1, 0.15) is 15.9 Å². The van der Waals surface area contributed by atoms with E-state index in [2.05, 4.69) is 15.3 Å². The molecule has 0 atom stereocenters. The van der Waals surface area contributed by atoms with Crippen LogP contribution in [0.25, 0.3) is 22.4 Å². The number of ether oxygens (including phenoxy) is 2. The third kappa shape index (κ3) is 2.85. The van der Waals surface area contributed by atoms with Crippen LogP contribution < -0.4 is 14.8 Å². The second-order valence-corrected chi connectivity index (χ2v) is 6.65. The van der Waals surface area contributed by atoms with Crippen LogP contribution in [0, 0.1) is 6.92 Å². The summed E-state index contributed by atoms with van der Waals surface area (Å²) >= 11 is 0. The van der Waals surface area contributed by atoms with Gasteiger partial charge in [-0.1, -0.05) is 18.2 Å². The number of aromatic amines is 1. The Morgan fingerprint density at radius 3 is 2.79 bits per heavy atom. The first kappa shape index (κ1) is 16.4. The van der Waals surface area contributed by atoms with Crippen LogP contribution in [-0.4, -0.2) is 22.7 Å². The van der Waals surface area contributed by atoms with Crippen molar-refractivity contribution >= 4 is 22.6 Å². The standard InChI is InChI=1S/C22H17N3O3/c1-13-6-8-15(11-16(13)21-24-17-4-2-3-5-18(17)25-21)23-22(26)14-7-9-19-20(10-14)28-12-27-19/h2-11H,12H2,1H3,(H,23,26)(H,24,25). The number of para-hydroxylation sites is 2. The van der Waals surface area contributed by atoms with Gasteiger partial charge in [0.05, 0.1) is 11.0 Å². The zero-order valence-electron chi connectivity index (χ0n) is 15.2. The van der Waals surface area contributed by atoms with Crippen LogP contribution in [0.2, 0.25) is 0 Å². The Morgan fingerprint density at radius 2 is 1.89 bits per heavy atom. The Bertz CT molecular complexity index is 1180. The summed E-state index contributed by atoms with van der Waals surface area (Å²) < 4.78 is 10.6. The van der Waals surface area contributed by atoms with Crippen molar-refractivity contribution in [2.75, 3.05) is 12.1 Å². The van der Waals surface area contributed by atoms with Crippen LogP contribution in [0.15, 0.2) is 60.7 Å². The van der Waals surface area contributed by atoms with Crippen LogP contribution >= 0.6 is 0 Å². The number of imidazole rings is 1. The molecule has 0 spiro atoms. The number of fused-ring (bicyclic) bond motifs is 2. The fourth-order valence-corrected chi connectivity index (χ4v) is 3.28. The van der Waals surface area contributed by atoms with E-state index in [0.29, 0.717) is 22.7 Å². The number of hydrogen-bond donors (Lipinski definition) is 2. The molecular formula is C22H17N3O3. The highest BCUT2D eigenvalue weighted by atomic mass is 16.7. The highest BCUT2D eigenvalue weighted by Crippen LogP contribution is 2.33. The fourth-order valence-electron chi connectivity index (χ4n) is 3.28. The van der Waals surface area contributed by atoms with Gasteiger partial charge in [-0.05, 0) is 55.0 Å². The molecule has 28 heavy (non-hydrogen) atoms. The minimum Gasteiger partial charge on any atom is -0.454 e. The number of amides is 1. The normalized spacial score (nSPS) is 12.3. The minimum atomic E-state index is -0.210. The number of H-pyrrole nitrogens is 1. The second-order valence-electron chi connectivity index (χ2n) is 6.65. The predicted molar refractivity (Wildman–Crippen MR) is 107 cm³/mol.